The Morgan fingerprint density at radius 3 is 1.32 bits per heavy atom. The summed E-state index contributed by atoms with van der Waals surface area (Å²) in [6.45, 7) is 0. The Balaban J connectivity index is 3.56. The maximum atomic E-state index is 13.6. The van der Waals surface area contributed by atoms with Crippen molar-refractivity contribution in [1.82, 2.24) is 0 Å². The van der Waals surface area contributed by atoms with Crippen LogP contribution >= 0.6 is 10.7 Å². The molecule has 37 heavy (non-hydrogen) atoms. The van der Waals surface area contributed by atoms with E-state index in [9.17, 15) is 83.1 Å². The van der Waals surface area contributed by atoms with E-state index in [4.69, 9.17) is 10.7 Å². The fourth-order valence-electron chi connectivity index (χ4n) is 2.05. The van der Waals surface area contributed by atoms with Gasteiger partial charge in [-0.1, -0.05) is 0 Å². The average molecular weight is 623 g/mol. The smallest absolute Gasteiger partial charge is 0.430 e. The lowest BCUT2D eigenvalue weighted by molar-refractivity contribution is -0.451. The minimum atomic E-state index is -8.69. The van der Waals surface area contributed by atoms with Gasteiger partial charge < -0.3 is 4.74 Å². The van der Waals surface area contributed by atoms with Crippen LogP contribution < -0.4 is 4.74 Å². The molecule has 1 aromatic carbocycles. The second-order valence-corrected chi connectivity index (χ2v) is 9.11. The summed E-state index contributed by atoms with van der Waals surface area (Å²) in [5, 5.41) is 0. The molecule has 22 heteroatoms. The van der Waals surface area contributed by atoms with Crippen LogP contribution in [0.3, 0.4) is 0 Å². The van der Waals surface area contributed by atoms with Gasteiger partial charge in [0.2, 0.25) is 5.83 Å². The summed E-state index contributed by atoms with van der Waals surface area (Å²) in [7, 11) is 0.361. The first kappa shape index (κ1) is 32.8. The maximum Gasteiger partial charge on any atom is 0.460 e. The Kier molecular flexibility index (Phi) is 8.19. The molecule has 0 atom stereocenters. The van der Waals surface area contributed by atoms with Crippen LogP contribution in [-0.2, 0) is 9.05 Å². The zero-order valence-corrected chi connectivity index (χ0v) is 17.8. The van der Waals surface area contributed by atoms with Crippen LogP contribution in [-0.4, -0.2) is 50.1 Å². The van der Waals surface area contributed by atoms with Crippen molar-refractivity contribution in [2.24, 2.45) is 0 Å². The van der Waals surface area contributed by atoms with Crippen molar-refractivity contribution in [3.05, 3.63) is 36.1 Å². The lowest BCUT2D eigenvalue weighted by atomic mass is 9.91. The van der Waals surface area contributed by atoms with Gasteiger partial charge in [-0.2, -0.15) is 74.6 Å². The van der Waals surface area contributed by atoms with Gasteiger partial charge >= 0.3 is 47.7 Å². The molecule has 0 saturated heterocycles. The molecule has 0 aliphatic carbocycles. The SMILES string of the molecule is O=S(=O)(Cl)c1ccc(O/C(F)=C(\F)C(F)(F)C(F)(F)C(F)(F)C(F)(F)C(F)(F)C(F)(F)C(F)(F)F)cc1. The van der Waals surface area contributed by atoms with Gasteiger partial charge in [-0.3, -0.25) is 0 Å². The Bertz CT molecular complexity index is 1140. The van der Waals surface area contributed by atoms with Crippen molar-refractivity contribution in [3.63, 3.8) is 0 Å². The molecule has 0 radical (unpaired) electrons. The standard InChI is InChI=1S/C15H4ClF17O3S/c16-37(34,35)6-3-1-5(2-4-6)36-8(18)7(17)9(19,20)10(21,22)11(23,24)12(25,26)13(27,28)14(29,30)15(31,32)33/h1-4H/b8-7-. The molecule has 0 bridgehead atoms. The van der Waals surface area contributed by atoms with Gasteiger partial charge in [-0.25, -0.2) is 8.42 Å². The van der Waals surface area contributed by atoms with Crippen LogP contribution in [0.2, 0.25) is 0 Å². The van der Waals surface area contributed by atoms with E-state index < -0.39 is 73.2 Å². The zero-order chi connectivity index (χ0) is 29.8. The second kappa shape index (κ2) is 9.23. The number of allylic oxidation sites excluding steroid dienone is 1. The minimum absolute atomic E-state index is 0.251. The van der Waals surface area contributed by atoms with Crippen LogP contribution in [0.1, 0.15) is 0 Å². The first-order valence-electron chi connectivity index (χ1n) is 8.13. The number of benzene rings is 1. The number of hydrogen-bond donors (Lipinski definition) is 0. The minimum Gasteiger partial charge on any atom is -0.430 e. The van der Waals surface area contributed by atoms with Crippen molar-refractivity contribution in [2.75, 3.05) is 0 Å². The summed E-state index contributed by atoms with van der Waals surface area (Å²) in [5.41, 5.74) is 0. The molecule has 0 aliphatic heterocycles. The van der Waals surface area contributed by atoms with Crippen molar-refractivity contribution >= 4 is 19.7 Å². The van der Waals surface area contributed by atoms with Crippen molar-refractivity contribution in [2.45, 2.75) is 46.6 Å². The third kappa shape index (κ3) is 5.11. The molecule has 0 fully saturated rings. The molecule has 1 rings (SSSR count). The maximum absolute atomic E-state index is 13.6. The van der Waals surface area contributed by atoms with Crippen LogP contribution in [0.15, 0.2) is 41.0 Å². The normalized spacial score (nSPS) is 15.9. The Labute approximate surface area is 196 Å². The van der Waals surface area contributed by atoms with E-state index in [0.29, 0.717) is 12.1 Å². The molecular formula is C15H4ClF17O3S. The highest BCUT2D eigenvalue weighted by molar-refractivity contribution is 8.13. The summed E-state index contributed by atoms with van der Waals surface area (Å²) in [5.74, 6) is -56.0. The van der Waals surface area contributed by atoms with E-state index in [1.54, 1.807) is 0 Å². The van der Waals surface area contributed by atoms with Crippen LogP contribution in [0.5, 0.6) is 5.75 Å². The van der Waals surface area contributed by atoms with E-state index in [1.807, 2.05) is 0 Å². The molecule has 214 valence electrons. The molecule has 0 spiro atoms. The van der Waals surface area contributed by atoms with E-state index >= 15 is 0 Å². The van der Waals surface area contributed by atoms with Gasteiger partial charge in [0.25, 0.3) is 9.05 Å². The van der Waals surface area contributed by atoms with Gasteiger partial charge in [-0.05, 0) is 24.3 Å². The summed E-state index contributed by atoms with van der Waals surface area (Å²) in [6, 6.07) is -2.40. The molecular weight excluding hydrogens is 619 g/mol. The molecule has 0 aliphatic rings. The van der Waals surface area contributed by atoms with E-state index in [-0.39, 0.29) is 12.1 Å². The van der Waals surface area contributed by atoms with Crippen molar-refractivity contribution in [3.8, 4) is 5.75 Å². The summed E-state index contributed by atoms with van der Waals surface area (Å²) in [6.07, 6.45) is -7.82. The lowest BCUT2D eigenvalue weighted by Crippen LogP contribution is -2.72. The zero-order valence-electron chi connectivity index (χ0n) is 16.2. The first-order valence-corrected chi connectivity index (χ1v) is 10.4. The Morgan fingerprint density at radius 2 is 0.973 bits per heavy atom. The predicted octanol–water partition coefficient (Wildman–Crippen LogP) is 7.48. The Hall–Kier alpha value is -2.19. The highest BCUT2D eigenvalue weighted by atomic mass is 35.7. The molecule has 3 nitrogen and oxygen atoms in total. The van der Waals surface area contributed by atoms with Gasteiger partial charge in [0.05, 0.1) is 4.90 Å². The van der Waals surface area contributed by atoms with Gasteiger partial charge in [-0.15, -0.1) is 0 Å². The molecule has 0 N–H and O–H groups in total. The van der Waals surface area contributed by atoms with E-state index in [2.05, 4.69) is 4.74 Å². The Morgan fingerprint density at radius 1 is 0.622 bits per heavy atom. The average Bonchev–Trinajstić information content (AvgIpc) is 2.71. The topological polar surface area (TPSA) is 43.4 Å². The number of hydrogen-bond acceptors (Lipinski definition) is 3. The van der Waals surface area contributed by atoms with Crippen LogP contribution in [0.4, 0.5) is 74.6 Å². The third-order valence-corrected chi connectivity index (χ3v) is 5.46. The van der Waals surface area contributed by atoms with E-state index in [1.165, 1.54) is 0 Å². The van der Waals surface area contributed by atoms with Crippen LogP contribution in [0, 0.1) is 0 Å². The predicted molar refractivity (Wildman–Crippen MR) is 85.1 cm³/mol. The lowest BCUT2D eigenvalue weighted by Gasteiger charge is -2.41. The molecule has 0 aromatic heterocycles. The quantitative estimate of drug-likeness (QED) is 0.163. The van der Waals surface area contributed by atoms with Gasteiger partial charge in [0.15, 0.2) is 0 Å². The summed E-state index contributed by atoms with van der Waals surface area (Å²) in [4.78, 5) is -0.818. The largest absolute Gasteiger partial charge is 0.460 e. The molecule has 0 unspecified atom stereocenters. The van der Waals surface area contributed by atoms with Gasteiger partial charge in [0.1, 0.15) is 5.75 Å². The molecule has 1 aromatic rings. The molecule has 0 heterocycles. The summed E-state index contributed by atoms with van der Waals surface area (Å²) < 4.78 is 249. The number of rotatable bonds is 9. The monoisotopic (exact) mass is 622 g/mol. The summed E-state index contributed by atoms with van der Waals surface area (Å²) >= 11 is 0. The first-order chi connectivity index (χ1) is 16.0. The fraction of sp³-hybridized carbons (Fsp3) is 0.467. The highest BCUT2D eigenvalue weighted by Crippen LogP contribution is 2.63. The van der Waals surface area contributed by atoms with E-state index in [0.717, 1.165) is 0 Å². The fourth-order valence-corrected chi connectivity index (χ4v) is 2.82. The van der Waals surface area contributed by atoms with Crippen LogP contribution in [0.25, 0.3) is 0 Å². The highest BCUT2D eigenvalue weighted by Gasteiger charge is 2.93. The third-order valence-electron chi connectivity index (χ3n) is 4.09. The molecule has 0 amide bonds. The number of ether oxygens (including phenoxy) is 1. The number of alkyl halides is 15. The molecule has 0 saturated carbocycles. The number of halogens is 18. The second-order valence-electron chi connectivity index (χ2n) is 6.54. The van der Waals surface area contributed by atoms with Gasteiger partial charge in [0, 0.05) is 10.7 Å². The van der Waals surface area contributed by atoms with Crippen molar-refractivity contribution in [1.29, 1.82) is 0 Å². The van der Waals surface area contributed by atoms with Crippen molar-refractivity contribution < 1.29 is 87.8 Å².